The van der Waals surface area contributed by atoms with Crippen LogP contribution in [0.4, 0.5) is 17.5 Å². The monoisotopic (exact) mass is 368 g/mol. The van der Waals surface area contributed by atoms with Crippen molar-refractivity contribution in [3.8, 4) is 5.75 Å². The fourth-order valence-corrected chi connectivity index (χ4v) is 2.77. The Bertz CT molecular complexity index is 914. The Morgan fingerprint density at radius 3 is 2.65 bits per heavy atom. The average Bonchev–Trinajstić information content (AvgIpc) is 2.63. The van der Waals surface area contributed by atoms with E-state index in [0.717, 1.165) is 34.1 Å². The van der Waals surface area contributed by atoms with Crippen LogP contribution in [0, 0.1) is 13.8 Å². The number of rotatable bonds is 6. The molecule has 1 aromatic heterocycles. The first-order valence-corrected chi connectivity index (χ1v) is 8.67. The molecule has 0 saturated carbocycles. The third-order valence-electron chi connectivity index (χ3n) is 3.95. The quantitative estimate of drug-likeness (QED) is 0.633. The molecule has 0 amide bonds. The minimum absolute atomic E-state index is 0.526. The summed E-state index contributed by atoms with van der Waals surface area (Å²) in [6.07, 6.45) is 0. The third kappa shape index (κ3) is 4.43. The Kier molecular flexibility index (Phi) is 5.58. The van der Waals surface area contributed by atoms with Gasteiger partial charge in [-0.2, -0.15) is 4.98 Å². The summed E-state index contributed by atoms with van der Waals surface area (Å²) in [6, 6.07) is 15.5. The zero-order chi connectivity index (χ0) is 18.5. The maximum Gasteiger partial charge on any atom is 0.229 e. The lowest BCUT2D eigenvalue weighted by Gasteiger charge is -2.13. The maximum atomic E-state index is 6.09. The topological polar surface area (TPSA) is 59.1 Å². The van der Waals surface area contributed by atoms with Gasteiger partial charge in [-0.1, -0.05) is 35.9 Å². The zero-order valence-corrected chi connectivity index (χ0v) is 15.8. The Balaban J connectivity index is 1.78. The van der Waals surface area contributed by atoms with Gasteiger partial charge in [0.15, 0.2) is 0 Å². The highest BCUT2D eigenvalue weighted by Crippen LogP contribution is 2.24. The van der Waals surface area contributed by atoms with Crippen LogP contribution < -0.4 is 15.4 Å². The molecular formula is C20H21ClN4O. The van der Waals surface area contributed by atoms with Gasteiger partial charge in [-0.25, -0.2) is 4.98 Å². The molecule has 3 aromatic rings. The summed E-state index contributed by atoms with van der Waals surface area (Å²) in [7, 11) is 1.67. The summed E-state index contributed by atoms with van der Waals surface area (Å²) in [5.41, 5.74) is 3.89. The number of hydrogen-bond donors (Lipinski definition) is 2. The molecule has 0 bridgehead atoms. The largest absolute Gasteiger partial charge is 0.496 e. The van der Waals surface area contributed by atoms with Crippen molar-refractivity contribution in [1.82, 2.24) is 9.97 Å². The van der Waals surface area contributed by atoms with Gasteiger partial charge in [-0.3, -0.25) is 0 Å². The van der Waals surface area contributed by atoms with Crippen LogP contribution in [0.3, 0.4) is 0 Å². The lowest BCUT2D eigenvalue weighted by Crippen LogP contribution is -2.06. The smallest absolute Gasteiger partial charge is 0.229 e. The van der Waals surface area contributed by atoms with Crippen molar-refractivity contribution in [3.63, 3.8) is 0 Å². The molecule has 5 nitrogen and oxygen atoms in total. The first-order valence-electron chi connectivity index (χ1n) is 8.30. The van der Waals surface area contributed by atoms with Crippen LogP contribution in [0.25, 0.3) is 0 Å². The molecule has 0 aliphatic carbocycles. The van der Waals surface area contributed by atoms with Crippen LogP contribution in [-0.2, 0) is 6.54 Å². The van der Waals surface area contributed by atoms with Crippen LogP contribution in [-0.4, -0.2) is 17.1 Å². The Labute approximate surface area is 158 Å². The molecule has 26 heavy (non-hydrogen) atoms. The van der Waals surface area contributed by atoms with Crippen LogP contribution in [0.5, 0.6) is 5.75 Å². The molecule has 0 aliphatic heterocycles. The van der Waals surface area contributed by atoms with E-state index in [1.807, 2.05) is 62.4 Å². The molecule has 0 saturated heterocycles. The summed E-state index contributed by atoms with van der Waals surface area (Å²) < 4.78 is 5.39. The van der Waals surface area contributed by atoms with Crippen molar-refractivity contribution in [1.29, 1.82) is 0 Å². The molecule has 0 fully saturated rings. The summed E-state index contributed by atoms with van der Waals surface area (Å²) in [5.74, 6) is 2.11. The average molecular weight is 369 g/mol. The predicted octanol–water partition coefficient (Wildman–Crippen LogP) is 5.11. The summed E-state index contributed by atoms with van der Waals surface area (Å²) in [5, 5.41) is 7.24. The standard InChI is InChI=1S/C20H21ClN4O/c1-13-8-9-16(21)11-17(13)24-20-23-14(2)10-19(25-20)22-12-15-6-4-5-7-18(15)26-3/h4-11H,12H2,1-3H3,(H2,22,23,24,25). The minimum atomic E-state index is 0.526. The van der Waals surface area contributed by atoms with Crippen LogP contribution in [0.15, 0.2) is 48.5 Å². The molecule has 0 radical (unpaired) electrons. The second kappa shape index (κ2) is 8.06. The van der Waals surface area contributed by atoms with E-state index in [1.165, 1.54) is 0 Å². The lowest BCUT2D eigenvalue weighted by atomic mass is 10.2. The van der Waals surface area contributed by atoms with Crippen LogP contribution in [0.1, 0.15) is 16.8 Å². The van der Waals surface area contributed by atoms with E-state index in [2.05, 4.69) is 20.6 Å². The number of benzene rings is 2. The molecule has 1 heterocycles. The van der Waals surface area contributed by atoms with Crippen molar-refractivity contribution in [2.75, 3.05) is 17.7 Å². The maximum absolute atomic E-state index is 6.09. The molecule has 0 aliphatic rings. The van der Waals surface area contributed by atoms with Crippen LogP contribution in [0.2, 0.25) is 5.02 Å². The Morgan fingerprint density at radius 1 is 1.04 bits per heavy atom. The van der Waals surface area contributed by atoms with Crippen molar-refractivity contribution in [2.45, 2.75) is 20.4 Å². The normalized spacial score (nSPS) is 10.5. The number of methoxy groups -OCH3 is 1. The lowest BCUT2D eigenvalue weighted by molar-refractivity contribution is 0.410. The van der Waals surface area contributed by atoms with Gasteiger partial charge in [0.1, 0.15) is 11.6 Å². The number of aryl methyl sites for hydroxylation is 2. The highest BCUT2D eigenvalue weighted by Gasteiger charge is 2.07. The van der Waals surface area contributed by atoms with Crippen molar-refractivity contribution in [2.24, 2.45) is 0 Å². The summed E-state index contributed by atoms with van der Waals surface area (Å²) >= 11 is 6.09. The highest BCUT2D eigenvalue weighted by molar-refractivity contribution is 6.30. The van der Waals surface area contributed by atoms with Gasteiger partial charge < -0.3 is 15.4 Å². The van der Waals surface area contributed by atoms with Crippen molar-refractivity contribution >= 4 is 29.1 Å². The summed E-state index contributed by atoms with van der Waals surface area (Å²) in [6.45, 7) is 4.55. The number of ether oxygens (including phenoxy) is 1. The highest BCUT2D eigenvalue weighted by atomic mass is 35.5. The minimum Gasteiger partial charge on any atom is -0.496 e. The molecule has 2 N–H and O–H groups in total. The van der Waals surface area contributed by atoms with E-state index in [-0.39, 0.29) is 0 Å². The number of hydrogen-bond acceptors (Lipinski definition) is 5. The van der Waals surface area contributed by atoms with Gasteiger partial charge in [-0.15, -0.1) is 0 Å². The molecule has 3 rings (SSSR count). The fourth-order valence-electron chi connectivity index (χ4n) is 2.60. The van der Waals surface area contributed by atoms with E-state index >= 15 is 0 Å². The van der Waals surface area contributed by atoms with E-state index in [1.54, 1.807) is 7.11 Å². The number of aromatic nitrogens is 2. The molecule has 6 heteroatoms. The SMILES string of the molecule is COc1ccccc1CNc1cc(C)nc(Nc2cc(Cl)ccc2C)n1. The second-order valence-corrected chi connectivity index (χ2v) is 6.40. The van der Waals surface area contributed by atoms with E-state index in [9.17, 15) is 0 Å². The molecule has 0 spiro atoms. The van der Waals surface area contributed by atoms with E-state index in [4.69, 9.17) is 16.3 Å². The van der Waals surface area contributed by atoms with Gasteiger partial charge in [0.2, 0.25) is 5.95 Å². The second-order valence-electron chi connectivity index (χ2n) is 5.97. The van der Waals surface area contributed by atoms with E-state index in [0.29, 0.717) is 17.5 Å². The number of halogens is 1. The molecule has 2 aromatic carbocycles. The predicted molar refractivity (Wildman–Crippen MR) is 107 cm³/mol. The molecule has 0 atom stereocenters. The molecule has 0 unspecified atom stereocenters. The van der Waals surface area contributed by atoms with Gasteiger partial charge >= 0.3 is 0 Å². The third-order valence-corrected chi connectivity index (χ3v) is 4.19. The number of anilines is 3. The van der Waals surface area contributed by atoms with Crippen molar-refractivity contribution in [3.05, 3.63) is 70.4 Å². The van der Waals surface area contributed by atoms with Gasteiger partial charge in [0.05, 0.1) is 7.11 Å². The molecular weight excluding hydrogens is 348 g/mol. The van der Waals surface area contributed by atoms with Gasteiger partial charge in [0.25, 0.3) is 0 Å². The Hall–Kier alpha value is -2.79. The summed E-state index contributed by atoms with van der Waals surface area (Å²) in [4.78, 5) is 9.01. The molecule has 134 valence electrons. The number of nitrogens with one attached hydrogen (secondary N) is 2. The van der Waals surface area contributed by atoms with E-state index < -0.39 is 0 Å². The first kappa shape index (κ1) is 18.0. The van der Waals surface area contributed by atoms with Gasteiger partial charge in [-0.05, 0) is 37.6 Å². The van der Waals surface area contributed by atoms with Crippen LogP contribution >= 0.6 is 11.6 Å². The van der Waals surface area contributed by atoms with Crippen molar-refractivity contribution < 1.29 is 4.74 Å². The fraction of sp³-hybridized carbons (Fsp3) is 0.200. The van der Waals surface area contributed by atoms with Gasteiger partial charge in [0, 0.05) is 34.6 Å². The first-order chi connectivity index (χ1) is 12.5. The number of nitrogens with zero attached hydrogens (tertiary/aromatic N) is 2. The Morgan fingerprint density at radius 2 is 1.85 bits per heavy atom. The number of para-hydroxylation sites is 1. The zero-order valence-electron chi connectivity index (χ0n) is 15.0.